The van der Waals surface area contributed by atoms with Crippen molar-refractivity contribution >= 4 is 17.5 Å². The van der Waals surface area contributed by atoms with Crippen molar-refractivity contribution < 1.29 is 9.90 Å². The molecule has 0 unspecified atom stereocenters. The first-order chi connectivity index (χ1) is 8.49. The van der Waals surface area contributed by atoms with Gasteiger partial charge in [0.25, 0.3) is 0 Å². The number of hydrogen-bond donors (Lipinski definition) is 2. The van der Waals surface area contributed by atoms with Crippen molar-refractivity contribution in [3.63, 3.8) is 0 Å². The molecule has 0 fully saturated rings. The molecule has 6 nitrogen and oxygen atoms in total. The Bertz CT molecular complexity index is 604. The van der Waals surface area contributed by atoms with Crippen LogP contribution in [0.5, 0.6) is 0 Å². The van der Waals surface area contributed by atoms with Crippen LogP contribution < -0.4 is 5.32 Å². The van der Waals surface area contributed by atoms with Crippen molar-refractivity contribution in [2.24, 2.45) is 7.05 Å². The number of aromatic carboxylic acids is 1. The number of pyridine rings is 1. The second kappa shape index (κ2) is 4.48. The van der Waals surface area contributed by atoms with E-state index in [1.54, 1.807) is 37.1 Å². The van der Waals surface area contributed by atoms with Gasteiger partial charge < -0.3 is 10.4 Å². The Kier molecular flexibility index (Phi) is 3.01. The van der Waals surface area contributed by atoms with Crippen molar-refractivity contribution in [2.75, 3.05) is 5.32 Å². The van der Waals surface area contributed by atoms with E-state index >= 15 is 0 Å². The summed E-state index contributed by atoms with van der Waals surface area (Å²) in [4.78, 5) is 15.3. The van der Waals surface area contributed by atoms with Crippen molar-refractivity contribution in [1.29, 1.82) is 0 Å². The number of nitrogens with one attached hydrogen (secondary N) is 1. The van der Waals surface area contributed by atoms with Crippen LogP contribution in [0, 0.1) is 13.8 Å². The van der Waals surface area contributed by atoms with Crippen LogP contribution in [-0.4, -0.2) is 25.8 Å². The summed E-state index contributed by atoms with van der Waals surface area (Å²) in [6.07, 6.45) is 3.36. The van der Waals surface area contributed by atoms with Crippen molar-refractivity contribution in [3.05, 3.63) is 35.3 Å². The summed E-state index contributed by atoms with van der Waals surface area (Å²) in [7, 11) is 1.81. The molecule has 2 N–H and O–H groups in total. The van der Waals surface area contributed by atoms with E-state index in [1.807, 2.05) is 6.92 Å². The minimum Gasteiger partial charge on any atom is -0.478 e. The number of nitrogens with zero attached hydrogens (tertiary/aromatic N) is 3. The summed E-state index contributed by atoms with van der Waals surface area (Å²) in [5.41, 5.74) is 2.39. The van der Waals surface area contributed by atoms with Crippen LogP contribution in [0.3, 0.4) is 0 Å². The van der Waals surface area contributed by atoms with Gasteiger partial charge in [-0.3, -0.25) is 4.68 Å². The monoisotopic (exact) mass is 246 g/mol. The van der Waals surface area contributed by atoms with Gasteiger partial charge >= 0.3 is 5.97 Å². The summed E-state index contributed by atoms with van der Waals surface area (Å²) >= 11 is 0. The lowest BCUT2D eigenvalue weighted by Crippen LogP contribution is -2.07. The van der Waals surface area contributed by atoms with Crippen LogP contribution in [0.1, 0.15) is 21.6 Å². The fourth-order valence-electron chi connectivity index (χ4n) is 1.77. The molecule has 0 amide bonds. The molecule has 0 aromatic carbocycles. The summed E-state index contributed by atoms with van der Waals surface area (Å²) in [5, 5.41) is 16.4. The molecule has 0 aliphatic heterocycles. The summed E-state index contributed by atoms with van der Waals surface area (Å²) in [6, 6.07) is 1.67. The quantitative estimate of drug-likeness (QED) is 0.864. The Balaban J connectivity index is 2.43. The highest BCUT2D eigenvalue weighted by Gasteiger charge is 2.15. The van der Waals surface area contributed by atoms with Gasteiger partial charge in [-0.15, -0.1) is 0 Å². The first-order valence-corrected chi connectivity index (χ1v) is 5.45. The molecule has 94 valence electrons. The number of hydrogen-bond acceptors (Lipinski definition) is 4. The van der Waals surface area contributed by atoms with Gasteiger partial charge in [0, 0.05) is 19.4 Å². The van der Waals surface area contributed by atoms with Crippen molar-refractivity contribution in [1.82, 2.24) is 14.8 Å². The van der Waals surface area contributed by atoms with Crippen LogP contribution in [0.4, 0.5) is 11.5 Å². The van der Waals surface area contributed by atoms with E-state index in [9.17, 15) is 9.90 Å². The molecule has 0 bridgehead atoms. The fraction of sp³-hybridized carbons (Fsp3) is 0.250. The van der Waals surface area contributed by atoms with Crippen LogP contribution in [-0.2, 0) is 7.05 Å². The minimum atomic E-state index is -0.996. The number of carbonyl (C=O) groups is 1. The first kappa shape index (κ1) is 12.1. The Morgan fingerprint density at radius 1 is 1.44 bits per heavy atom. The largest absolute Gasteiger partial charge is 0.478 e. The summed E-state index contributed by atoms with van der Waals surface area (Å²) < 4.78 is 1.66. The maximum atomic E-state index is 11.2. The van der Waals surface area contributed by atoms with E-state index in [4.69, 9.17) is 0 Å². The first-order valence-electron chi connectivity index (χ1n) is 5.45. The van der Waals surface area contributed by atoms with E-state index in [-0.39, 0.29) is 5.56 Å². The Hall–Kier alpha value is -2.37. The molecule has 0 atom stereocenters. The average Bonchev–Trinajstić information content (AvgIpc) is 2.57. The van der Waals surface area contributed by atoms with Gasteiger partial charge in [0.1, 0.15) is 11.4 Å². The molecule has 0 spiro atoms. The molecular formula is C12H14N4O2. The van der Waals surface area contributed by atoms with Crippen molar-refractivity contribution in [2.45, 2.75) is 13.8 Å². The second-order valence-electron chi connectivity index (χ2n) is 4.08. The van der Waals surface area contributed by atoms with Crippen LogP contribution in [0.25, 0.3) is 0 Å². The fourth-order valence-corrected chi connectivity index (χ4v) is 1.77. The van der Waals surface area contributed by atoms with Gasteiger partial charge in [-0.25, -0.2) is 9.78 Å². The van der Waals surface area contributed by atoms with Gasteiger partial charge in [-0.05, 0) is 25.5 Å². The van der Waals surface area contributed by atoms with Gasteiger partial charge in [0.2, 0.25) is 0 Å². The highest BCUT2D eigenvalue weighted by Crippen LogP contribution is 2.22. The zero-order valence-electron chi connectivity index (χ0n) is 10.4. The molecule has 0 radical (unpaired) electrons. The maximum absolute atomic E-state index is 11.2. The zero-order valence-corrected chi connectivity index (χ0v) is 10.4. The lowest BCUT2D eigenvalue weighted by Gasteiger charge is -2.09. The van der Waals surface area contributed by atoms with Crippen LogP contribution >= 0.6 is 0 Å². The minimum absolute atomic E-state index is 0.181. The SMILES string of the molecule is Cc1ccnc(Nc2cn(C)nc2C)c1C(=O)O. The van der Waals surface area contributed by atoms with Gasteiger partial charge in [-0.1, -0.05) is 0 Å². The van der Waals surface area contributed by atoms with E-state index in [2.05, 4.69) is 15.4 Å². The van der Waals surface area contributed by atoms with Crippen LogP contribution in [0.15, 0.2) is 18.5 Å². The van der Waals surface area contributed by atoms with Gasteiger partial charge in [0.05, 0.1) is 11.4 Å². The zero-order chi connectivity index (χ0) is 13.3. The smallest absolute Gasteiger partial charge is 0.339 e. The highest BCUT2D eigenvalue weighted by molar-refractivity contribution is 5.95. The Labute approximate surface area is 104 Å². The normalized spacial score (nSPS) is 10.4. The molecule has 2 heterocycles. The van der Waals surface area contributed by atoms with Gasteiger partial charge in [0.15, 0.2) is 0 Å². The maximum Gasteiger partial charge on any atom is 0.339 e. The standard InChI is InChI=1S/C12H14N4O2/c1-7-4-5-13-11(10(7)12(17)18)14-9-6-16(3)15-8(9)2/h4-6H,1-3H3,(H,13,14)(H,17,18). The Morgan fingerprint density at radius 3 is 2.72 bits per heavy atom. The molecule has 18 heavy (non-hydrogen) atoms. The third-order valence-corrected chi connectivity index (χ3v) is 2.64. The Morgan fingerprint density at radius 2 is 2.17 bits per heavy atom. The molecule has 2 aromatic heterocycles. The third kappa shape index (κ3) is 2.17. The van der Waals surface area contributed by atoms with E-state index in [1.165, 1.54) is 0 Å². The summed E-state index contributed by atoms with van der Waals surface area (Å²) in [5.74, 6) is -0.664. The predicted molar refractivity (Wildman–Crippen MR) is 67.2 cm³/mol. The molecule has 0 saturated carbocycles. The van der Waals surface area contributed by atoms with Crippen LogP contribution in [0.2, 0.25) is 0 Å². The number of aryl methyl sites for hydroxylation is 3. The van der Waals surface area contributed by atoms with Gasteiger partial charge in [-0.2, -0.15) is 5.10 Å². The number of aromatic nitrogens is 3. The van der Waals surface area contributed by atoms with E-state index in [0.717, 1.165) is 11.4 Å². The van der Waals surface area contributed by atoms with Crippen molar-refractivity contribution in [3.8, 4) is 0 Å². The second-order valence-corrected chi connectivity index (χ2v) is 4.08. The van der Waals surface area contributed by atoms with E-state index < -0.39 is 5.97 Å². The topological polar surface area (TPSA) is 80.0 Å². The highest BCUT2D eigenvalue weighted by atomic mass is 16.4. The predicted octanol–water partition coefficient (Wildman–Crippen LogP) is 1.87. The molecule has 0 aliphatic carbocycles. The molecule has 6 heteroatoms. The molecule has 0 saturated heterocycles. The average molecular weight is 246 g/mol. The van der Waals surface area contributed by atoms with E-state index in [0.29, 0.717) is 11.4 Å². The molecular weight excluding hydrogens is 232 g/mol. The number of rotatable bonds is 3. The third-order valence-electron chi connectivity index (χ3n) is 2.64. The molecule has 2 aromatic rings. The number of carboxylic acid groups (broad SMARTS) is 1. The molecule has 2 rings (SSSR count). The molecule has 0 aliphatic rings. The lowest BCUT2D eigenvalue weighted by molar-refractivity contribution is 0.0697. The number of anilines is 2. The lowest BCUT2D eigenvalue weighted by atomic mass is 10.1. The summed E-state index contributed by atoms with van der Waals surface area (Å²) in [6.45, 7) is 3.59. The number of carboxylic acids is 1.